The number of benzene rings is 1. The van der Waals surface area contributed by atoms with E-state index < -0.39 is 39.5 Å². The summed E-state index contributed by atoms with van der Waals surface area (Å²) in [4.78, 5) is -1.55. The van der Waals surface area contributed by atoms with Crippen LogP contribution in [0.25, 0.3) is 0 Å². The highest BCUT2D eigenvalue weighted by Gasteiger charge is 2.23. The molecule has 0 aromatic heterocycles. The lowest BCUT2D eigenvalue weighted by molar-refractivity contribution is 0.584. The molecule has 102 valence electrons. The Bertz CT molecular complexity index is 789. The van der Waals surface area contributed by atoms with Gasteiger partial charge in [-0.05, 0) is 18.2 Å². The Labute approximate surface area is 106 Å². The van der Waals surface area contributed by atoms with Crippen LogP contribution in [0.5, 0.6) is 0 Å². The van der Waals surface area contributed by atoms with Crippen molar-refractivity contribution in [3.8, 4) is 0 Å². The third-order valence-electron chi connectivity index (χ3n) is 2.05. The van der Waals surface area contributed by atoms with Crippen LogP contribution < -0.4 is 5.14 Å². The van der Waals surface area contributed by atoms with Crippen molar-refractivity contribution < 1.29 is 25.3 Å². The fourth-order valence-corrected chi connectivity index (χ4v) is 4.14. The minimum atomic E-state index is -4.25. The maximum Gasteiger partial charge on any atom is 0.239 e. The number of sulfone groups is 2. The molecule has 0 amide bonds. The van der Waals surface area contributed by atoms with Crippen LogP contribution in [-0.4, -0.2) is 37.8 Å². The van der Waals surface area contributed by atoms with Gasteiger partial charge in [0.15, 0.2) is 19.7 Å². The van der Waals surface area contributed by atoms with E-state index in [9.17, 15) is 25.3 Å². The van der Waals surface area contributed by atoms with E-state index in [0.717, 1.165) is 30.7 Å². The van der Waals surface area contributed by atoms with Gasteiger partial charge in [-0.1, -0.05) is 0 Å². The Morgan fingerprint density at radius 1 is 0.833 bits per heavy atom. The average molecular weight is 313 g/mol. The van der Waals surface area contributed by atoms with Crippen LogP contribution in [0, 0.1) is 0 Å². The first-order valence-corrected chi connectivity index (χ1v) is 9.73. The monoisotopic (exact) mass is 313 g/mol. The van der Waals surface area contributed by atoms with Crippen LogP contribution in [0.2, 0.25) is 0 Å². The normalized spacial score (nSPS) is 13.5. The summed E-state index contributed by atoms with van der Waals surface area (Å²) in [5, 5.41) is 4.87. The van der Waals surface area contributed by atoms with Gasteiger partial charge >= 0.3 is 0 Å². The van der Waals surface area contributed by atoms with Gasteiger partial charge in [0.25, 0.3) is 0 Å². The quantitative estimate of drug-likeness (QED) is 0.773. The number of sulfonamides is 1. The van der Waals surface area contributed by atoms with E-state index in [-0.39, 0.29) is 4.90 Å². The van der Waals surface area contributed by atoms with Crippen molar-refractivity contribution in [3.63, 3.8) is 0 Å². The van der Waals surface area contributed by atoms with Gasteiger partial charge in [-0.15, -0.1) is 0 Å². The minimum Gasteiger partial charge on any atom is -0.225 e. The zero-order valence-corrected chi connectivity index (χ0v) is 11.9. The first-order chi connectivity index (χ1) is 7.83. The van der Waals surface area contributed by atoms with E-state index in [1.54, 1.807) is 0 Å². The van der Waals surface area contributed by atoms with Crippen LogP contribution in [0.4, 0.5) is 0 Å². The number of nitrogens with two attached hydrogens (primary N) is 1. The SMILES string of the molecule is CS(=O)(=O)c1ccc(S(N)(=O)=O)c(S(C)(=O)=O)c1. The molecule has 18 heavy (non-hydrogen) atoms. The molecule has 7 nitrogen and oxygen atoms in total. The van der Waals surface area contributed by atoms with Gasteiger partial charge in [-0.3, -0.25) is 0 Å². The summed E-state index contributed by atoms with van der Waals surface area (Å²) >= 11 is 0. The molecule has 2 N–H and O–H groups in total. The molecule has 10 heteroatoms. The minimum absolute atomic E-state index is 0.296. The summed E-state index contributed by atoms with van der Waals surface area (Å²) in [5.41, 5.74) is 0. The molecule has 0 atom stereocenters. The summed E-state index contributed by atoms with van der Waals surface area (Å²) in [5.74, 6) is 0. The fraction of sp³-hybridized carbons (Fsp3) is 0.250. The second-order valence-electron chi connectivity index (χ2n) is 3.70. The molecular weight excluding hydrogens is 302 g/mol. The highest BCUT2D eigenvalue weighted by Crippen LogP contribution is 2.23. The summed E-state index contributed by atoms with van der Waals surface area (Å²) in [6.07, 6.45) is 1.65. The molecule has 0 fully saturated rings. The third kappa shape index (κ3) is 3.28. The van der Waals surface area contributed by atoms with Gasteiger partial charge in [-0.25, -0.2) is 30.4 Å². The zero-order chi connectivity index (χ0) is 14.4. The summed E-state index contributed by atoms with van der Waals surface area (Å²) in [7, 11) is -11.8. The molecular formula is C8H11NO6S3. The first kappa shape index (κ1) is 15.1. The third-order valence-corrected chi connectivity index (χ3v) is 5.39. The van der Waals surface area contributed by atoms with Crippen LogP contribution in [-0.2, 0) is 29.7 Å². The lowest BCUT2D eigenvalue weighted by atomic mass is 10.4. The van der Waals surface area contributed by atoms with Crippen molar-refractivity contribution in [3.05, 3.63) is 18.2 Å². The van der Waals surface area contributed by atoms with E-state index >= 15 is 0 Å². The van der Waals surface area contributed by atoms with Gasteiger partial charge in [0.2, 0.25) is 10.0 Å². The fourth-order valence-electron chi connectivity index (χ4n) is 1.24. The molecule has 0 saturated carbocycles. The molecule has 0 aliphatic carbocycles. The standard InChI is InChI=1S/C8H11NO6S3/c1-16(10,11)6-3-4-7(18(9,14)15)8(5-6)17(2,12)13/h3-5H,1-2H3,(H2,9,14,15). The van der Waals surface area contributed by atoms with Crippen molar-refractivity contribution in [2.45, 2.75) is 14.7 Å². The Morgan fingerprint density at radius 3 is 1.67 bits per heavy atom. The van der Waals surface area contributed by atoms with E-state index in [1.807, 2.05) is 0 Å². The molecule has 0 unspecified atom stereocenters. The number of rotatable bonds is 3. The molecule has 0 aliphatic rings. The Balaban J connectivity index is 3.83. The largest absolute Gasteiger partial charge is 0.239 e. The summed E-state index contributed by atoms with van der Waals surface area (Å²) in [6, 6.07) is 2.64. The first-order valence-electron chi connectivity index (χ1n) is 4.40. The molecule has 0 aliphatic heterocycles. The molecule has 1 rings (SSSR count). The number of primary sulfonamides is 1. The van der Waals surface area contributed by atoms with Crippen molar-refractivity contribution in [2.75, 3.05) is 12.5 Å². The van der Waals surface area contributed by atoms with Gasteiger partial charge in [-0.2, -0.15) is 0 Å². The zero-order valence-electron chi connectivity index (χ0n) is 9.48. The van der Waals surface area contributed by atoms with Gasteiger partial charge in [0.1, 0.15) is 4.90 Å². The molecule has 0 radical (unpaired) electrons. The molecule has 0 heterocycles. The molecule has 0 saturated heterocycles. The molecule has 1 aromatic rings. The molecule has 0 bridgehead atoms. The highest BCUT2D eigenvalue weighted by atomic mass is 32.2. The lowest BCUT2D eigenvalue weighted by Crippen LogP contribution is -2.17. The van der Waals surface area contributed by atoms with Crippen LogP contribution in [0.3, 0.4) is 0 Å². The Kier molecular flexibility index (Phi) is 3.60. The maximum absolute atomic E-state index is 11.5. The highest BCUT2D eigenvalue weighted by molar-refractivity contribution is 7.93. The maximum atomic E-state index is 11.5. The van der Waals surface area contributed by atoms with E-state index in [0.29, 0.717) is 0 Å². The molecule has 1 aromatic carbocycles. The van der Waals surface area contributed by atoms with Gasteiger partial charge in [0, 0.05) is 12.5 Å². The Morgan fingerprint density at radius 2 is 1.33 bits per heavy atom. The van der Waals surface area contributed by atoms with E-state index in [2.05, 4.69) is 0 Å². The van der Waals surface area contributed by atoms with Gasteiger partial charge in [0.05, 0.1) is 9.79 Å². The van der Waals surface area contributed by atoms with Crippen molar-refractivity contribution in [2.24, 2.45) is 5.14 Å². The Hall–Kier alpha value is -0.970. The van der Waals surface area contributed by atoms with E-state index in [1.165, 1.54) is 0 Å². The average Bonchev–Trinajstić information content (AvgIpc) is 2.12. The lowest BCUT2D eigenvalue weighted by Gasteiger charge is -2.07. The van der Waals surface area contributed by atoms with Crippen molar-refractivity contribution >= 4 is 29.7 Å². The predicted octanol–water partition coefficient (Wildman–Crippen LogP) is -0.859. The molecule has 0 spiro atoms. The predicted molar refractivity (Wildman–Crippen MR) is 64.0 cm³/mol. The van der Waals surface area contributed by atoms with Crippen molar-refractivity contribution in [1.29, 1.82) is 0 Å². The smallest absolute Gasteiger partial charge is 0.225 e. The number of hydrogen-bond donors (Lipinski definition) is 1. The van der Waals surface area contributed by atoms with E-state index in [4.69, 9.17) is 5.14 Å². The van der Waals surface area contributed by atoms with Crippen LogP contribution >= 0.6 is 0 Å². The van der Waals surface area contributed by atoms with Crippen molar-refractivity contribution in [1.82, 2.24) is 0 Å². The summed E-state index contributed by atoms with van der Waals surface area (Å²) in [6.45, 7) is 0. The van der Waals surface area contributed by atoms with Crippen LogP contribution in [0.15, 0.2) is 32.9 Å². The summed E-state index contributed by atoms with van der Waals surface area (Å²) < 4.78 is 68.0. The van der Waals surface area contributed by atoms with Gasteiger partial charge < -0.3 is 0 Å². The van der Waals surface area contributed by atoms with Crippen LogP contribution in [0.1, 0.15) is 0 Å². The number of hydrogen-bond acceptors (Lipinski definition) is 6. The second kappa shape index (κ2) is 4.30. The second-order valence-corrected chi connectivity index (χ2v) is 9.23. The topological polar surface area (TPSA) is 128 Å².